The molecular weight excluding hydrogens is 477 g/mol. The number of benzene rings is 2. The van der Waals surface area contributed by atoms with E-state index in [2.05, 4.69) is 10.3 Å². The molecule has 0 fully saturated rings. The SMILES string of the molecule is O=C(NC(COCc1ccccc1)C(=O)O)c1cccnc1Oc1ccc(C(F)(F)F)cc1Cl. The molecule has 0 saturated heterocycles. The molecule has 1 amide bonds. The van der Waals surface area contributed by atoms with Crippen molar-refractivity contribution in [1.82, 2.24) is 10.3 Å². The molecule has 0 aliphatic heterocycles. The van der Waals surface area contributed by atoms with Crippen LogP contribution in [0.2, 0.25) is 5.02 Å². The number of aliphatic carboxylic acids is 1. The van der Waals surface area contributed by atoms with Gasteiger partial charge in [-0.1, -0.05) is 41.9 Å². The Kier molecular flexibility index (Phi) is 8.08. The lowest BCUT2D eigenvalue weighted by Gasteiger charge is -2.16. The molecule has 0 bridgehead atoms. The van der Waals surface area contributed by atoms with Crippen molar-refractivity contribution in [3.8, 4) is 11.6 Å². The summed E-state index contributed by atoms with van der Waals surface area (Å²) in [6, 6.07) is 12.9. The van der Waals surface area contributed by atoms with Gasteiger partial charge in [-0.15, -0.1) is 0 Å². The molecule has 0 aliphatic carbocycles. The fourth-order valence-electron chi connectivity index (χ4n) is 2.79. The largest absolute Gasteiger partial charge is 0.480 e. The zero-order valence-corrected chi connectivity index (χ0v) is 18.1. The van der Waals surface area contributed by atoms with Crippen LogP contribution in [0.1, 0.15) is 21.5 Å². The van der Waals surface area contributed by atoms with Gasteiger partial charge in [-0.25, -0.2) is 9.78 Å². The van der Waals surface area contributed by atoms with Gasteiger partial charge < -0.3 is 19.9 Å². The third kappa shape index (κ3) is 6.69. The Hall–Kier alpha value is -3.63. The summed E-state index contributed by atoms with van der Waals surface area (Å²) in [5.41, 5.74) is -0.286. The van der Waals surface area contributed by atoms with Crippen LogP contribution in [-0.4, -0.2) is 34.6 Å². The smallest absolute Gasteiger partial charge is 0.416 e. The predicted molar refractivity (Wildman–Crippen MR) is 116 cm³/mol. The van der Waals surface area contributed by atoms with Crippen LogP contribution in [0.4, 0.5) is 13.2 Å². The average Bonchev–Trinajstić information content (AvgIpc) is 2.80. The van der Waals surface area contributed by atoms with Crippen molar-refractivity contribution in [2.24, 2.45) is 0 Å². The maximum Gasteiger partial charge on any atom is 0.416 e. The zero-order valence-electron chi connectivity index (χ0n) is 17.4. The number of carbonyl (C=O) groups is 2. The normalized spacial score (nSPS) is 12.1. The first-order valence-corrected chi connectivity index (χ1v) is 10.2. The van der Waals surface area contributed by atoms with Crippen molar-refractivity contribution in [3.63, 3.8) is 0 Å². The van der Waals surface area contributed by atoms with Gasteiger partial charge in [0.1, 0.15) is 11.3 Å². The monoisotopic (exact) mass is 494 g/mol. The number of rotatable bonds is 9. The number of aromatic nitrogens is 1. The first-order chi connectivity index (χ1) is 16.1. The Morgan fingerprint density at radius 1 is 1.09 bits per heavy atom. The van der Waals surface area contributed by atoms with E-state index < -0.39 is 29.7 Å². The minimum Gasteiger partial charge on any atom is -0.480 e. The molecule has 11 heteroatoms. The third-order valence-corrected chi connectivity index (χ3v) is 4.78. The van der Waals surface area contributed by atoms with E-state index in [0.717, 1.165) is 17.7 Å². The van der Waals surface area contributed by atoms with Crippen molar-refractivity contribution in [2.45, 2.75) is 18.8 Å². The Bertz CT molecular complexity index is 1160. The fourth-order valence-corrected chi connectivity index (χ4v) is 3.01. The number of ether oxygens (including phenoxy) is 2. The van der Waals surface area contributed by atoms with E-state index >= 15 is 0 Å². The molecule has 0 spiro atoms. The van der Waals surface area contributed by atoms with Crippen LogP contribution in [0, 0.1) is 0 Å². The van der Waals surface area contributed by atoms with E-state index in [4.69, 9.17) is 21.1 Å². The van der Waals surface area contributed by atoms with Crippen LogP contribution in [0.5, 0.6) is 11.6 Å². The number of carbonyl (C=O) groups excluding carboxylic acids is 1. The molecule has 3 aromatic rings. The molecule has 0 aliphatic rings. The Morgan fingerprint density at radius 3 is 2.47 bits per heavy atom. The van der Waals surface area contributed by atoms with Crippen LogP contribution < -0.4 is 10.1 Å². The topological polar surface area (TPSA) is 97.8 Å². The van der Waals surface area contributed by atoms with Crippen molar-refractivity contribution in [3.05, 3.63) is 88.6 Å². The summed E-state index contributed by atoms with van der Waals surface area (Å²) in [6.07, 6.45) is -3.30. The van der Waals surface area contributed by atoms with Gasteiger partial charge in [0.2, 0.25) is 5.88 Å². The maximum atomic E-state index is 12.8. The number of carboxylic acid groups (broad SMARTS) is 1. The summed E-state index contributed by atoms with van der Waals surface area (Å²) in [4.78, 5) is 28.3. The standard InChI is InChI=1S/C23H18ClF3N2O5/c24-17-11-15(23(25,26)27)8-9-19(17)34-21-16(7-4-10-28-21)20(30)29-18(22(31)32)13-33-12-14-5-2-1-3-6-14/h1-11,18H,12-13H2,(H,29,30)(H,31,32). The van der Waals surface area contributed by atoms with Crippen LogP contribution in [0.15, 0.2) is 66.9 Å². The van der Waals surface area contributed by atoms with Crippen LogP contribution >= 0.6 is 11.6 Å². The molecule has 2 aromatic carbocycles. The molecule has 0 saturated carbocycles. The van der Waals surface area contributed by atoms with Gasteiger partial charge in [0.15, 0.2) is 6.04 Å². The average molecular weight is 495 g/mol. The highest BCUT2D eigenvalue weighted by Crippen LogP contribution is 2.36. The predicted octanol–water partition coefficient (Wildman–Crippen LogP) is 4.95. The molecule has 1 aromatic heterocycles. The molecule has 0 radical (unpaired) electrons. The highest BCUT2D eigenvalue weighted by atomic mass is 35.5. The molecule has 2 N–H and O–H groups in total. The van der Waals surface area contributed by atoms with E-state index in [1.165, 1.54) is 18.3 Å². The minimum absolute atomic E-state index is 0.146. The quantitative estimate of drug-likeness (QED) is 0.437. The highest BCUT2D eigenvalue weighted by molar-refractivity contribution is 6.32. The van der Waals surface area contributed by atoms with Crippen molar-refractivity contribution < 1.29 is 37.3 Å². The van der Waals surface area contributed by atoms with Gasteiger partial charge in [-0.3, -0.25) is 4.79 Å². The zero-order chi connectivity index (χ0) is 24.7. The van der Waals surface area contributed by atoms with E-state index in [-0.39, 0.29) is 35.4 Å². The molecule has 7 nitrogen and oxygen atoms in total. The van der Waals surface area contributed by atoms with Crippen molar-refractivity contribution in [2.75, 3.05) is 6.61 Å². The molecular formula is C23H18ClF3N2O5. The third-order valence-electron chi connectivity index (χ3n) is 4.48. The van der Waals surface area contributed by atoms with Gasteiger partial charge in [0.25, 0.3) is 5.91 Å². The van der Waals surface area contributed by atoms with Crippen molar-refractivity contribution >= 4 is 23.5 Å². The molecule has 1 atom stereocenters. The van der Waals surface area contributed by atoms with Crippen LogP contribution in [0.3, 0.4) is 0 Å². The highest BCUT2D eigenvalue weighted by Gasteiger charge is 2.31. The minimum atomic E-state index is -4.59. The fraction of sp³-hybridized carbons (Fsp3) is 0.174. The lowest BCUT2D eigenvalue weighted by molar-refractivity contribution is -0.141. The number of hydrogen-bond donors (Lipinski definition) is 2. The summed E-state index contributed by atoms with van der Waals surface area (Å²) in [6.45, 7) is -0.161. The van der Waals surface area contributed by atoms with Crippen LogP contribution in [0.25, 0.3) is 0 Å². The Labute approximate surface area is 197 Å². The second kappa shape index (κ2) is 11.0. The molecule has 1 heterocycles. The maximum absolute atomic E-state index is 12.8. The Balaban J connectivity index is 1.71. The summed E-state index contributed by atoms with van der Waals surface area (Å²) in [7, 11) is 0. The summed E-state index contributed by atoms with van der Waals surface area (Å²) in [5.74, 6) is -2.58. The van der Waals surface area contributed by atoms with Gasteiger partial charge in [0, 0.05) is 6.20 Å². The number of nitrogens with one attached hydrogen (secondary N) is 1. The second-order valence-corrected chi connectivity index (χ2v) is 7.37. The number of nitrogens with zero attached hydrogens (tertiary/aromatic N) is 1. The number of carboxylic acids is 1. The Morgan fingerprint density at radius 2 is 1.82 bits per heavy atom. The number of hydrogen-bond acceptors (Lipinski definition) is 5. The number of pyridine rings is 1. The van der Waals surface area contributed by atoms with E-state index in [1.54, 1.807) is 12.1 Å². The lowest BCUT2D eigenvalue weighted by atomic mass is 10.2. The van der Waals surface area contributed by atoms with Gasteiger partial charge >= 0.3 is 12.1 Å². The second-order valence-electron chi connectivity index (χ2n) is 6.97. The molecule has 1 unspecified atom stereocenters. The van der Waals surface area contributed by atoms with Crippen LogP contribution in [-0.2, 0) is 22.3 Å². The summed E-state index contributed by atoms with van der Waals surface area (Å²) >= 11 is 5.90. The first kappa shape index (κ1) is 25.0. The van der Waals surface area contributed by atoms with Gasteiger partial charge in [0.05, 0.1) is 23.8 Å². The molecule has 3 rings (SSSR count). The molecule has 34 heavy (non-hydrogen) atoms. The molecule has 178 valence electrons. The van der Waals surface area contributed by atoms with Crippen molar-refractivity contribution in [1.29, 1.82) is 0 Å². The van der Waals surface area contributed by atoms with Gasteiger partial charge in [-0.2, -0.15) is 13.2 Å². The van der Waals surface area contributed by atoms with E-state index in [0.29, 0.717) is 6.07 Å². The number of amides is 1. The first-order valence-electron chi connectivity index (χ1n) is 9.80. The lowest BCUT2D eigenvalue weighted by Crippen LogP contribution is -2.44. The van der Waals surface area contributed by atoms with E-state index in [1.807, 2.05) is 18.2 Å². The van der Waals surface area contributed by atoms with E-state index in [9.17, 15) is 27.9 Å². The van der Waals surface area contributed by atoms with Gasteiger partial charge in [-0.05, 0) is 35.9 Å². The summed E-state index contributed by atoms with van der Waals surface area (Å²) < 4.78 is 49.4. The number of alkyl halides is 3. The summed E-state index contributed by atoms with van der Waals surface area (Å²) in [5, 5.41) is 11.4. The number of halogens is 4.